The molecule has 2 aromatic rings. The van der Waals surface area contributed by atoms with Crippen LogP contribution in [0.4, 0.5) is 5.69 Å². The molecule has 2 rings (SSSR count). The van der Waals surface area contributed by atoms with E-state index in [9.17, 15) is 8.42 Å². The Morgan fingerprint density at radius 1 is 1.27 bits per heavy atom. The third-order valence-corrected chi connectivity index (χ3v) is 5.68. The van der Waals surface area contributed by atoms with Gasteiger partial charge in [0.05, 0.1) is 17.1 Å². The molecule has 1 N–H and O–H groups in total. The highest BCUT2D eigenvalue weighted by Gasteiger charge is 2.25. The van der Waals surface area contributed by atoms with E-state index < -0.39 is 10.0 Å². The second-order valence-electron chi connectivity index (χ2n) is 5.63. The zero-order chi connectivity index (χ0) is 16.5. The molecule has 0 aliphatic rings. The van der Waals surface area contributed by atoms with Crippen molar-refractivity contribution in [1.82, 2.24) is 9.78 Å². The van der Waals surface area contributed by atoms with Crippen LogP contribution in [-0.4, -0.2) is 18.2 Å². The molecule has 0 radical (unpaired) electrons. The minimum absolute atomic E-state index is 0.258. The van der Waals surface area contributed by atoms with Crippen molar-refractivity contribution in [1.29, 1.82) is 0 Å². The predicted molar refractivity (Wildman–Crippen MR) is 88.6 cm³/mol. The summed E-state index contributed by atoms with van der Waals surface area (Å²) in [4.78, 5) is 0.258. The second kappa shape index (κ2) is 6.12. The van der Waals surface area contributed by atoms with Crippen LogP contribution in [0.1, 0.15) is 43.1 Å². The molecule has 0 bridgehead atoms. The first-order valence-electron chi connectivity index (χ1n) is 7.39. The van der Waals surface area contributed by atoms with Gasteiger partial charge in [-0.15, -0.1) is 0 Å². The summed E-state index contributed by atoms with van der Waals surface area (Å²) < 4.78 is 29.8. The maximum absolute atomic E-state index is 12.8. The highest BCUT2D eigenvalue weighted by atomic mass is 32.2. The lowest BCUT2D eigenvalue weighted by Gasteiger charge is -2.16. The van der Waals surface area contributed by atoms with E-state index >= 15 is 0 Å². The lowest BCUT2D eigenvalue weighted by atomic mass is 9.97. The van der Waals surface area contributed by atoms with E-state index in [0.717, 1.165) is 12.0 Å². The Hall–Kier alpha value is -1.82. The van der Waals surface area contributed by atoms with Crippen molar-refractivity contribution < 1.29 is 8.42 Å². The molecule has 1 aromatic carbocycles. The first-order chi connectivity index (χ1) is 10.3. The molecule has 0 spiro atoms. The van der Waals surface area contributed by atoms with E-state index in [-0.39, 0.29) is 10.8 Å². The number of aryl methyl sites for hydroxylation is 2. The summed E-state index contributed by atoms with van der Waals surface area (Å²) in [6.07, 6.45) is 0.948. The summed E-state index contributed by atoms with van der Waals surface area (Å²) in [5.41, 5.74) is 2.78. The normalized spacial score (nSPS) is 13.1. The molecule has 120 valence electrons. The van der Waals surface area contributed by atoms with Gasteiger partial charge >= 0.3 is 0 Å². The summed E-state index contributed by atoms with van der Waals surface area (Å²) in [5.74, 6) is 0.287. The van der Waals surface area contributed by atoms with Crippen molar-refractivity contribution in [2.45, 2.75) is 44.9 Å². The van der Waals surface area contributed by atoms with Crippen molar-refractivity contribution in [2.24, 2.45) is 7.05 Å². The van der Waals surface area contributed by atoms with Gasteiger partial charge in [-0.05, 0) is 37.8 Å². The molecular weight excluding hydrogens is 298 g/mol. The van der Waals surface area contributed by atoms with E-state index in [1.807, 2.05) is 18.2 Å². The standard InChI is InChI=1S/C16H23N3O2S/c1-6-11(2)14-9-7-8-10-15(14)18-22(20,21)16-12(3)17-19(5)13(16)4/h7-11,18H,6H2,1-5H3/t11-/m1/s1. The number of para-hydroxylation sites is 1. The molecule has 0 fully saturated rings. The van der Waals surface area contributed by atoms with Crippen LogP contribution in [-0.2, 0) is 17.1 Å². The number of hydrogen-bond donors (Lipinski definition) is 1. The van der Waals surface area contributed by atoms with Crippen LogP contribution < -0.4 is 4.72 Å². The zero-order valence-electron chi connectivity index (χ0n) is 13.7. The Bertz CT molecular complexity index is 779. The molecule has 1 heterocycles. The number of rotatable bonds is 5. The van der Waals surface area contributed by atoms with Crippen molar-refractivity contribution in [3.63, 3.8) is 0 Å². The fourth-order valence-corrected chi connectivity index (χ4v) is 4.11. The molecule has 0 saturated carbocycles. The van der Waals surface area contributed by atoms with Gasteiger partial charge in [0.15, 0.2) is 0 Å². The van der Waals surface area contributed by atoms with Gasteiger partial charge in [0, 0.05) is 7.05 Å². The fourth-order valence-electron chi connectivity index (χ4n) is 2.58. The van der Waals surface area contributed by atoms with Crippen LogP contribution >= 0.6 is 0 Å². The van der Waals surface area contributed by atoms with Crippen LogP contribution in [0.15, 0.2) is 29.2 Å². The molecule has 0 amide bonds. The van der Waals surface area contributed by atoms with E-state index in [1.165, 1.54) is 0 Å². The van der Waals surface area contributed by atoms with Crippen molar-refractivity contribution >= 4 is 15.7 Å². The van der Waals surface area contributed by atoms with Gasteiger partial charge in [-0.25, -0.2) is 8.42 Å². The molecule has 1 aromatic heterocycles. The van der Waals surface area contributed by atoms with Crippen molar-refractivity contribution in [2.75, 3.05) is 4.72 Å². The number of anilines is 1. The zero-order valence-corrected chi connectivity index (χ0v) is 14.5. The topological polar surface area (TPSA) is 64.0 Å². The molecule has 0 aliphatic heterocycles. The van der Waals surface area contributed by atoms with Crippen LogP contribution in [0.25, 0.3) is 0 Å². The molecule has 1 atom stereocenters. The number of nitrogens with one attached hydrogen (secondary N) is 1. The smallest absolute Gasteiger partial charge is 0.265 e. The number of hydrogen-bond acceptors (Lipinski definition) is 3. The molecule has 0 saturated heterocycles. The van der Waals surface area contributed by atoms with Gasteiger partial charge in [-0.2, -0.15) is 5.10 Å². The van der Waals surface area contributed by atoms with Crippen LogP contribution in [0, 0.1) is 13.8 Å². The van der Waals surface area contributed by atoms with Gasteiger partial charge < -0.3 is 0 Å². The Balaban J connectivity index is 2.46. The lowest BCUT2D eigenvalue weighted by Crippen LogP contribution is -2.16. The Morgan fingerprint density at radius 3 is 2.45 bits per heavy atom. The monoisotopic (exact) mass is 321 g/mol. The van der Waals surface area contributed by atoms with E-state index in [4.69, 9.17) is 0 Å². The third-order valence-electron chi connectivity index (χ3n) is 4.06. The first kappa shape index (κ1) is 16.5. The largest absolute Gasteiger partial charge is 0.279 e. The van der Waals surface area contributed by atoms with Gasteiger partial charge in [-0.3, -0.25) is 9.40 Å². The van der Waals surface area contributed by atoms with E-state index in [1.54, 1.807) is 31.6 Å². The van der Waals surface area contributed by atoms with Gasteiger partial charge in [0.25, 0.3) is 10.0 Å². The Labute approximate surface area is 132 Å². The summed E-state index contributed by atoms with van der Waals surface area (Å²) >= 11 is 0. The summed E-state index contributed by atoms with van der Waals surface area (Å²) in [6.45, 7) is 7.65. The number of sulfonamides is 1. The highest BCUT2D eigenvalue weighted by Crippen LogP contribution is 2.29. The van der Waals surface area contributed by atoms with Crippen LogP contribution in [0.2, 0.25) is 0 Å². The van der Waals surface area contributed by atoms with Crippen molar-refractivity contribution in [3.8, 4) is 0 Å². The average molecular weight is 321 g/mol. The maximum atomic E-state index is 12.8. The van der Waals surface area contributed by atoms with Gasteiger partial charge in [-0.1, -0.05) is 32.0 Å². The average Bonchev–Trinajstić information content (AvgIpc) is 2.72. The van der Waals surface area contributed by atoms with Crippen LogP contribution in [0.5, 0.6) is 0 Å². The van der Waals surface area contributed by atoms with Crippen molar-refractivity contribution in [3.05, 3.63) is 41.2 Å². The Kier molecular flexibility index (Phi) is 4.60. The molecule has 22 heavy (non-hydrogen) atoms. The van der Waals surface area contributed by atoms with Gasteiger partial charge in [0.2, 0.25) is 0 Å². The third kappa shape index (κ3) is 3.02. The van der Waals surface area contributed by atoms with E-state index in [2.05, 4.69) is 23.7 Å². The molecule has 0 aliphatic carbocycles. The number of nitrogens with zero attached hydrogens (tertiary/aromatic N) is 2. The summed E-state index contributed by atoms with van der Waals surface area (Å²) in [5, 5.41) is 4.19. The minimum atomic E-state index is -3.65. The number of aromatic nitrogens is 2. The first-order valence-corrected chi connectivity index (χ1v) is 8.88. The quantitative estimate of drug-likeness (QED) is 0.918. The predicted octanol–water partition coefficient (Wildman–Crippen LogP) is 3.35. The molecule has 5 nitrogen and oxygen atoms in total. The SMILES string of the molecule is CC[C@@H](C)c1ccccc1NS(=O)(=O)c1c(C)nn(C)c1C. The summed E-state index contributed by atoms with van der Waals surface area (Å²) in [6, 6.07) is 7.54. The maximum Gasteiger partial charge on any atom is 0.265 e. The van der Waals surface area contributed by atoms with Gasteiger partial charge in [0.1, 0.15) is 4.90 Å². The lowest BCUT2D eigenvalue weighted by molar-refractivity contribution is 0.599. The molecule has 6 heteroatoms. The molecular formula is C16H23N3O2S. The molecule has 0 unspecified atom stereocenters. The Morgan fingerprint density at radius 2 is 1.91 bits per heavy atom. The number of benzene rings is 1. The summed E-state index contributed by atoms with van der Waals surface area (Å²) in [7, 11) is -1.91. The van der Waals surface area contributed by atoms with Crippen LogP contribution in [0.3, 0.4) is 0 Å². The fraction of sp³-hybridized carbons (Fsp3) is 0.438. The second-order valence-corrected chi connectivity index (χ2v) is 7.24. The van der Waals surface area contributed by atoms with E-state index in [0.29, 0.717) is 17.1 Å². The highest BCUT2D eigenvalue weighted by molar-refractivity contribution is 7.92. The minimum Gasteiger partial charge on any atom is -0.279 e.